The summed E-state index contributed by atoms with van der Waals surface area (Å²) in [7, 11) is 0. The van der Waals surface area contributed by atoms with Crippen molar-refractivity contribution in [1.82, 2.24) is 25.2 Å². The van der Waals surface area contributed by atoms with Crippen LogP contribution in [0.15, 0.2) is 48.9 Å². The first-order valence-corrected chi connectivity index (χ1v) is 11.1. The van der Waals surface area contributed by atoms with E-state index in [4.69, 9.17) is 9.72 Å². The Labute approximate surface area is 181 Å². The molecule has 1 atom stereocenters. The average molecular weight is 418 g/mol. The number of carbonyl (C=O) groups excluding carboxylic acids is 1. The molecule has 31 heavy (non-hydrogen) atoms. The van der Waals surface area contributed by atoms with Crippen molar-refractivity contribution in [2.24, 2.45) is 0 Å². The van der Waals surface area contributed by atoms with Crippen LogP contribution in [0, 0.1) is 0 Å². The number of fused-ring (bicyclic) bond motifs is 1. The summed E-state index contributed by atoms with van der Waals surface area (Å²) >= 11 is 0. The highest BCUT2D eigenvalue weighted by molar-refractivity contribution is 5.80. The SMILES string of the molecule is O=C(NCC1CCCO1)N1CCC(c2ccc3cc(-c4ccncc4)cnc3n2)CC1. The molecule has 7 heteroatoms. The molecule has 0 radical (unpaired) electrons. The third kappa shape index (κ3) is 4.51. The lowest BCUT2D eigenvalue weighted by Crippen LogP contribution is -2.46. The number of hydrogen-bond acceptors (Lipinski definition) is 5. The average Bonchev–Trinajstić information content (AvgIpc) is 3.36. The number of amides is 2. The molecule has 3 aromatic rings. The molecule has 1 unspecified atom stereocenters. The van der Waals surface area contributed by atoms with Crippen LogP contribution >= 0.6 is 0 Å². The van der Waals surface area contributed by atoms with E-state index in [0.29, 0.717) is 12.5 Å². The number of pyridine rings is 3. The summed E-state index contributed by atoms with van der Waals surface area (Å²) in [5.41, 5.74) is 3.99. The van der Waals surface area contributed by atoms with Crippen LogP contribution in [0.5, 0.6) is 0 Å². The number of nitrogens with one attached hydrogen (secondary N) is 1. The molecule has 5 heterocycles. The van der Waals surface area contributed by atoms with Gasteiger partial charge in [0.2, 0.25) is 0 Å². The van der Waals surface area contributed by atoms with Gasteiger partial charge in [-0.15, -0.1) is 0 Å². The van der Waals surface area contributed by atoms with Gasteiger partial charge in [0.15, 0.2) is 5.65 Å². The fourth-order valence-electron chi connectivity index (χ4n) is 4.45. The lowest BCUT2D eigenvalue weighted by molar-refractivity contribution is 0.108. The molecule has 3 aromatic heterocycles. The van der Waals surface area contributed by atoms with Crippen LogP contribution in [0.3, 0.4) is 0 Å². The van der Waals surface area contributed by atoms with Crippen molar-refractivity contribution in [3.63, 3.8) is 0 Å². The largest absolute Gasteiger partial charge is 0.376 e. The van der Waals surface area contributed by atoms with Gasteiger partial charge in [-0.25, -0.2) is 14.8 Å². The lowest BCUT2D eigenvalue weighted by Gasteiger charge is -2.32. The molecule has 7 nitrogen and oxygen atoms in total. The zero-order chi connectivity index (χ0) is 21.0. The summed E-state index contributed by atoms with van der Waals surface area (Å²) in [5.74, 6) is 0.355. The minimum absolute atomic E-state index is 0.0192. The minimum Gasteiger partial charge on any atom is -0.376 e. The molecular weight excluding hydrogens is 390 g/mol. The Hall–Kier alpha value is -3.06. The van der Waals surface area contributed by atoms with E-state index < -0.39 is 0 Å². The van der Waals surface area contributed by atoms with Crippen LogP contribution < -0.4 is 5.32 Å². The van der Waals surface area contributed by atoms with Gasteiger partial charge in [0, 0.05) is 67.4 Å². The fourth-order valence-corrected chi connectivity index (χ4v) is 4.45. The summed E-state index contributed by atoms with van der Waals surface area (Å²) in [6.07, 6.45) is 9.58. The molecular formula is C24H27N5O2. The van der Waals surface area contributed by atoms with Crippen LogP contribution in [0.1, 0.15) is 37.3 Å². The number of aromatic nitrogens is 3. The van der Waals surface area contributed by atoms with Crippen molar-refractivity contribution < 1.29 is 9.53 Å². The highest BCUT2D eigenvalue weighted by Gasteiger charge is 2.25. The highest BCUT2D eigenvalue weighted by atomic mass is 16.5. The molecule has 0 bridgehead atoms. The maximum absolute atomic E-state index is 12.5. The van der Waals surface area contributed by atoms with E-state index in [1.54, 1.807) is 12.4 Å². The Balaban J connectivity index is 1.21. The molecule has 0 spiro atoms. The van der Waals surface area contributed by atoms with Crippen LogP contribution in [-0.2, 0) is 4.74 Å². The normalized spacial score (nSPS) is 19.6. The van der Waals surface area contributed by atoms with E-state index in [0.717, 1.165) is 73.2 Å². The zero-order valence-corrected chi connectivity index (χ0v) is 17.5. The number of piperidine rings is 1. The first kappa shape index (κ1) is 19.9. The van der Waals surface area contributed by atoms with Crippen molar-refractivity contribution in [2.45, 2.75) is 37.7 Å². The Morgan fingerprint density at radius 3 is 2.71 bits per heavy atom. The minimum atomic E-state index is 0.0192. The van der Waals surface area contributed by atoms with Crippen molar-refractivity contribution >= 4 is 17.1 Å². The molecule has 2 fully saturated rings. The zero-order valence-electron chi connectivity index (χ0n) is 17.5. The predicted octanol–water partition coefficient (Wildman–Crippen LogP) is 3.76. The van der Waals surface area contributed by atoms with Gasteiger partial charge < -0.3 is 15.0 Å². The molecule has 0 aliphatic carbocycles. The summed E-state index contributed by atoms with van der Waals surface area (Å²) < 4.78 is 5.58. The molecule has 1 N–H and O–H groups in total. The number of ether oxygens (including phenoxy) is 1. The van der Waals surface area contributed by atoms with Gasteiger partial charge in [0.25, 0.3) is 0 Å². The summed E-state index contributed by atoms with van der Waals surface area (Å²) in [4.78, 5) is 27.9. The Morgan fingerprint density at radius 1 is 1.10 bits per heavy atom. The number of rotatable bonds is 4. The topological polar surface area (TPSA) is 80.2 Å². The van der Waals surface area contributed by atoms with Crippen molar-refractivity contribution in [3.8, 4) is 11.1 Å². The lowest BCUT2D eigenvalue weighted by atomic mass is 9.93. The first-order chi connectivity index (χ1) is 15.3. The fraction of sp³-hybridized carbons (Fsp3) is 0.417. The van der Waals surface area contributed by atoms with Gasteiger partial charge in [0.05, 0.1) is 6.10 Å². The first-order valence-electron chi connectivity index (χ1n) is 11.1. The third-order valence-corrected chi connectivity index (χ3v) is 6.28. The molecule has 2 amide bonds. The number of hydrogen-bond donors (Lipinski definition) is 1. The van der Waals surface area contributed by atoms with Gasteiger partial charge in [-0.05, 0) is 61.6 Å². The van der Waals surface area contributed by atoms with Gasteiger partial charge in [0.1, 0.15) is 0 Å². The van der Waals surface area contributed by atoms with E-state index in [1.807, 2.05) is 23.2 Å². The Morgan fingerprint density at radius 2 is 1.94 bits per heavy atom. The van der Waals surface area contributed by atoms with Gasteiger partial charge >= 0.3 is 6.03 Å². The number of nitrogens with zero attached hydrogens (tertiary/aromatic N) is 4. The second-order valence-electron chi connectivity index (χ2n) is 8.33. The van der Waals surface area contributed by atoms with Gasteiger partial charge in [-0.1, -0.05) is 0 Å². The Bertz CT molecular complexity index is 1040. The van der Waals surface area contributed by atoms with Crippen molar-refractivity contribution in [1.29, 1.82) is 0 Å². The number of carbonyl (C=O) groups is 1. The second-order valence-corrected chi connectivity index (χ2v) is 8.33. The smallest absolute Gasteiger partial charge is 0.317 e. The molecule has 0 saturated carbocycles. The number of urea groups is 1. The summed E-state index contributed by atoms with van der Waals surface area (Å²) in [6.45, 7) is 2.91. The van der Waals surface area contributed by atoms with E-state index in [9.17, 15) is 4.79 Å². The maximum atomic E-state index is 12.5. The van der Waals surface area contributed by atoms with Crippen molar-refractivity contribution in [3.05, 3.63) is 54.6 Å². The second kappa shape index (κ2) is 8.98. The molecule has 160 valence electrons. The van der Waals surface area contributed by atoms with E-state index in [1.165, 1.54) is 0 Å². The number of likely N-dealkylation sites (tertiary alicyclic amines) is 1. The molecule has 2 aliphatic heterocycles. The van der Waals surface area contributed by atoms with Crippen LogP contribution in [0.2, 0.25) is 0 Å². The van der Waals surface area contributed by atoms with Crippen molar-refractivity contribution in [2.75, 3.05) is 26.2 Å². The van der Waals surface area contributed by atoms with E-state index in [2.05, 4.69) is 33.5 Å². The maximum Gasteiger partial charge on any atom is 0.317 e. The molecule has 2 saturated heterocycles. The van der Waals surface area contributed by atoms with Crippen LogP contribution in [-0.4, -0.2) is 58.2 Å². The molecule has 0 aromatic carbocycles. The van der Waals surface area contributed by atoms with Crippen LogP contribution in [0.25, 0.3) is 22.2 Å². The summed E-state index contributed by atoms with van der Waals surface area (Å²) in [5, 5.41) is 4.06. The highest BCUT2D eigenvalue weighted by Crippen LogP contribution is 2.29. The molecule has 2 aliphatic rings. The van der Waals surface area contributed by atoms with E-state index >= 15 is 0 Å². The standard InChI is InChI=1S/C24H27N5O2/c30-24(27-16-21-2-1-13-31-21)29-11-7-18(8-12-29)22-4-3-19-14-20(15-26-23(19)28-22)17-5-9-25-10-6-17/h3-6,9-10,14-15,18,21H,1-2,7-8,11-13,16H2,(H,27,30). The Kier molecular flexibility index (Phi) is 5.76. The van der Waals surface area contributed by atoms with E-state index in [-0.39, 0.29) is 12.1 Å². The van der Waals surface area contributed by atoms with Gasteiger partial charge in [-0.3, -0.25) is 4.98 Å². The predicted molar refractivity (Wildman–Crippen MR) is 119 cm³/mol. The van der Waals surface area contributed by atoms with Crippen LogP contribution in [0.4, 0.5) is 4.79 Å². The van der Waals surface area contributed by atoms with Gasteiger partial charge in [-0.2, -0.15) is 0 Å². The summed E-state index contributed by atoms with van der Waals surface area (Å²) in [6, 6.07) is 10.3. The third-order valence-electron chi connectivity index (χ3n) is 6.28. The molecule has 5 rings (SSSR count). The quantitative estimate of drug-likeness (QED) is 0.699. The monoisotopic (exact) mass is 417 g/mol.